The molecule has 3 N–H and O–H groups in total. The summed E-state index contributed by atoms with van der Waals surface area (Å²) < 4.78 is 18.5. The zero-order valence-corrected chi connectivity index (χ0v) is 11.8. The number of halogens is 1. The van der Waals surface area contributed by atoms with Crippen LogP contribution < -0.4 is 15.4 Å². The third-order valence-electron chi connectivity index (χ3n) is 3.02. The SMILES string of the molecule is COc1ccc([C@@H](C)NC(=O)NCc2ccn[nH]2)cc1F. The lowest BCUT2D eigenvalue weighted by Crippen LogP contribution is -2.36. The fraction of sp³-hybridized carbons (Fsp3) is 0.286. The van der Waals surface area contributed by atoms with E-state index in [4.69, 9.17) is 4.74 Å². The maximum absolute atomic E-state index is 13.6. The maximum Gasteiger partial charge on any atom is 0.315 e. The molecular formula is C14H17FN4O2. The van der Waals surface area contributed by atoms with Crippen molar-refractivity contribution in [2.45, 2.75) is 19.5 Å². The Labute approximate surface area is 121 Å². The number of methoxy groups -OCH3 is 1. The van der Waals surface area contributed by atoms with E-state index in [1.165, 1.54) is 19.2 Å². The Hall–Kier alpha value is -2.57. The molecule has 0 aliphatic carbocycles. The highest BCUT2D eigenvalue weighted by Gasteiger charge is 2.12. The smallest absolute Gasteiger partial charge is 0.315 e. The number of hydrogen-bond donors (Lipinski definition) is 3. The van der Waals surface area contributed by atoms with Crippen LogP contribution in [0.5, 0.6) is 5.75 Å². The van der Waals surface area contributed by atoms with Crippen molar-refractivity contribution >= 4 is 6.03 Å². The molecule has 112 valence electrons. The predicted octanol–water partition coefficient (Wildman–Crippen LogP) is 2.12. The average molecular weight is 292 g/mol. The number of aromatic nitrogens is 2. The van der Waals surface area contributed by atoms with Gasteiger partial charge in [-0.05, 0) is 30.7 Å². The van der Waals surface area contributed by atoms with Crippen molar-refractivity contribution < 1.29 is 13.9 Å². The lowest BCUT2D eigenvalue weighted by molar-refractivity contribution is 0.237. The van der Waals surface area contributed by atoms with E-state index in [0.717, 1.165) is 5.69 Å². The van der Waals surface area contributed by atoms with E-state index in [9.17, 15) is 9.18 Å². The molecule has 0 radical (unpaired) electrons. The number of H-pyrrole nitrogens is 1. The highest BCUT2D eigenvalue weighted by molar-refractivity contribution is 5.74. The molecule has 0 unspecified atom stereocenters. The van der Waals surface area contributed by atoms with Crippen LogP contribution >= 0.6 is 0 Å². The van der Waals surface area contributed by atoms with Crippen LogP contribution in [-0.2, 0) is 6.54 Å². The molecule has 2 rings (SSSR count). The van der Waals surface area contributed by atoms with Gasteiger partial charge in [-0.3, -0.25) is 5.10 Å². The quantitative estimate of drug-likeness (QED) is 0.789. The molecule has 1 aromatic carbocycles. The highest BCUT2D eigenvalue weighted by atomic mass is 19.1. The first-order chi connectivity index (χ1) is 10.1. The second-order valence-electron chi connectivity index (χ2n) is 4.52. The highest BCUT2D eigenvalue weighted by Crippen LogP contribution is 2.21. The summed E-state index contributed by atoms with van der Waals surface area (Å²) in [6.45, 7) is 2.12. The molecule has 0 bridgehead atoms. The summed E-state index contributed by atoms with van der Waals surface area (Å²) in [5.74, 6) is -0.281. The minimum atomic E-state index is -0.457. The van der Waals surface area contributed by atoms with Crippen LogP contribution in [0.25, 0.3) is 0 Å². The van der Waals surface area contributed by atoms with E-state index in [2.05, 4.69) is 20.8 Å². The summed E-state index contributed by atoms with van der Waals surface area (Å²) in [5.41, 5.74) is 1.46. The molecule has 0 saturated carbocycles. The van der Waals surface area contributed by atoms with Crippen LogP contribution in [-0.4, -0.2) is 23.3 Å². The number of nitrogens with one attached hydrogen (secondary N) is 3. The number of nitrogens with zero attached hydrogens (tertiary/aromatic N) is 1. The maximum atomic E-state index is 13.6. The van der Waals surface area contributed by atoms with Gasteiger partial charge in [0.2, 0.25) is 0 Å². The fourth-order valence-corrected chi connectivity index (χ4v) is 1.84. The molecule has 0 saturated heterocycles. The van der Waals surface area contributed by atoms with Gasteiger partial charge in [0, 0.05) is 6.20 Å². The van der Waals surface area contributed by atoms with E-state index in [0.29, 0.717) is 12.1 Å². The summed E-state index contributed by atoms with van der Waals surface area (Å²) in [4.78, 5) is 11.8. The monoisotopic (exact) mass is 292 g/mol. The Morgan fingerprint density at radius 1 is 1.48 bits per heavy atom. The van der Waals surface area contributed by atoms with Gasteiger partial charge in [-0.25, -0.2) is 9.18 Å². The number of benzene rings is 1. The summed E-state index contributed by atoms with van der Waals surface area (Å²) in [6, 6.07) is 5.69. The number of hydrogen-bond acceptors (Lipinski definition) is 3. The summed E-state index contributed by atoms with van der Waals surface area (Å²) >= 11 is 0. The van der Waals surface area contributed by atoms with Gasteiger partial charge in [0.1, 0.15) is 0 Å². The largest absolute Gasteiger partial charge is 0.494 e. The van der Waals surface area contributed by atoms with Crippen LogP contribution in [0.1, 0.15) is 24.2 Å². The van der Waals surface area contributed by atoms with E-state index < -0.39 is 5.82 Å². The topological polar surface area (TPSA) is 79.0 Å². The second-order valence-corrected chi connectivity index (χ2v) is 4.52. The molecule has 1 atom stereocenters. The molecule has 2 aromatic rings. The molecule has 2 amide bonds. The van der Waals surface area contributed by atoms with Crippen molar-refractivity contribution in [3.8, 4) is 5.75 Å². The Kier molecular flexibility index (Phi) is 4.76. The molecule has 0 aliphatic rings. The van der Waals surface area contributed by atoms with Gasteiger partial charge in [0.25, 0.3) is 0 Å². The zero-order chi connectivity index (χ0) is 15.2. The first-order valence-corrected chi connectivity index (χ1v) is 6.46. The van der Waals surface area contributed by atoms with Crippen molar-refractivity contribution in [1.82, 2.24) is 20.8 Å². The van der Waals surface area contributed by atoms with E-state index in [-0.39, 0.29) is 17.8 Å². The van der Waals surface area contributed by atoms with Crippen molar-refractivity contribution in [2.75, 3.05) is 7.11 Å². The molecular weight excluding hydrogens is 275 g/mol. The molecule has 0 aliphatic heterocycles. The molecule has 21 heavy (non-hydrogen) atoms. The summed E-state index contributed by atoms with van der Waals surface area (Å²) in [5, 5.41) is 11.9. The minimum absolute atomic E-state index is 0.176. The van der Waals surface area contributed by atoms with Crippen LogP contribution in [0.2, 0.25) is 0 Å². The van der Waals surface area contributed by atoms with Crippen molar-refractivity contribution in [2.24, 2.45) is 0 Å². The third-order valence-corrected chi connectivity index (χ3v) is 3.02. The van der Waals surface area contributed by atoms with Gasteiger partial charge in [-0.15, -0.1) is 0 Å². The standard InChI is InChI=1S/C14H17FN4O2/c1-9(10-3-4-13(21-2)12(15)7-10)18-14(20)16-8-11-5-6-17-19-11/h3-7,9H,8H2,1-2H3,(H,17,19)(H2,16,18,20)/t9-/m1/s1. The number of carbonyl (C=O) groups is 1. The number of rotatable bonds is 5. The van der Waals surface area contributed by atoms with E-state index >= 15 is 0 Å². The van der Waals surface area contributed by atoms with Crippen molar-refractivity contribution in [3.63, 3.8) is 0 Å². The first-order valence-electron chi connectivity index (χ1n) is 6.46. The second kappa shape index (κ2) is 6.74. The normalized spacial score (nSPS) is 11.8. The molecule has 7 heteroatoms. The lowest BCUT2D eigenvalue weighted by Gasteiger charge is -2.15. The van der Waals surface area contributed by atoms with Crippen LogP contribution in [0, 0.1) is 5.82 Å². The molecule has 1 heterocycles. The Bertz CT molecular complexity index is 601. The van der Waals surface area contributed by atoms with Gasteiger partial charge in [0.15, 0.2) is 11.6 Å². The number of aromatic amines is 1. The summed E-state index contributed by atoms with van der Waals surface area (Å²) in [7, 11) is 1.41. The van der Waals surface area contributed by atoms with Crippen LogP contribution in [0.4, 0.5) is 9.18 Å². The first kappa shape index (κ1) is 14.8. The third kappa shape index (κ3) is 3.95. The van der Waals surface area contributed by atoms with E-state index in [1.54, 1.807) is 25.3 Å². The van der Waals surface area contributed by atoms with Gasteiger partial charge >= 0.3 is 6.03 Å². The van der Waals surface area contributed by atoms with Crippen LogP contribution in [0.3, 0.4) is 0 Å². The number of ether oxygens (including phenoxy) is 1. The van der Waals surface area contributed by atoms with Gasteiger partial charge in [-0.2, -0.15) is 5.10 Å². The molecule has 0 spiro atoms. The Morgan fingerprint density at radius 3 is 2.90 bits per heavy atom. The van der Waals surface area contributed by atoms with E-state index in [1.807, 2.05) is 0 Å². The lowest BCUT2D eigenvalue weighted by atomic mass is 10.1. The van der Waals surface area contributed by atoms with Crippen molar-refractivity contribution in [1.29, 1.82) is 0 Å². The fourth-order valence-electron chi connectivity index (χ4n) is 1.84. The minimum Gasteiger partial charge on any atom is -0.494 e. The number of amides is 2. The molecule has 1 aromatic heterocycles. The summed E-state index contributed by atoms with van der Waals surface area (Å²) in [6.07, 6.45) is 1.61. The van der Waals surface area contributed by atoms with Crippen LogP contribution in [0.15, 0.2) is 30.5 Å². The van der Waals surface area contributed by atoms with Crippen molar-refractivity contribution in [3.05, 3.63) is 47.5 Å². The number of urea groups is 1. The molecule has 0 fully saturated rings. The Morgan fingerprint density at radius 2 is 2.29 bits per heavy atom. The van der Waals surface area contributed by atoms with Gasteiger partial charge in [0.05, 0.1) is 25.4 Å². The van der Waals surface area contributed by atoms with Gasteiger partial charge in [-0.1, -0.05) is 6.07 Å². The zero-order valence-electron chi connectivity index (χ0n) is 11.8. The number of carbonyl (C=O) groups excluding carboxylic acids is 1. The van der Waals surface area contributed by atoms with Gasteiger partial charge < -0.3 is 15.4 Å². The predicted molar refractivity (Wildman–Crippen MR) is 75.3 cm³/mol. The average Bonchev–Trinajstić information content (AvgIpc) is 2.98. The molecule has 6 nitrogen and oxygen atoms in total. The Balaban J connectivity index is 1.89.